The number of carbonyl (C=O) groups excluding carboxylic acids is 1. The molecule has 4 rings (SSSR count). The number of nitrogens with one attached hydrogen (secondary N) is 1. The Hall–Kier alpha value is -1.95. The largest absolute Gasteiger partial charge is 0.328 e. The molecule has 1 saturated carbocycles. The minimum Gasteiger partial charge on any atom is -0.300 e. The summed E-state index contributed by atoms with van der Waals surface area (Å²) in [6.07, 6.45) is 10.4. The Morgan fingerprint density at radius 3 is 2.89 bits per heavy atom. The minimum atomic E-state index is -0.375. The molecule has 1 aliphatic carbocycles. The van der Waals surface area contributed by atoms with E-state index in [2.05, 4.69) is 29.0 Å². The molecule has 0 radical (unpaired) electrons. The summed E-state index contributed by atoms with van der Waals surface area (Å²) in [7, 11) is 0. The van der Waals surface area contributed by atoms with E-state index < -0.39 is 0 Å². The molecule has 1 spiro atoms. The molecule has 2 saturated heterocycles. The van der Waals surface area contributed by atoms with Gasteiger partial charge < -0.3 is 4.90 Å². The van der Waals surface area contributed by atoms with Gasteiger partial charge in [-0.15, -0.1) is 0 Å². The van der Waals surface area contributed by atoms with Crippen LogP contribution in [0.5, 0.6) is 0 Å². The van der Waals surface area contributed by atoms with E-state index in [1.807, 2.05) is 17.0 Å². The van der Waals surface area contributed by atoms with Crippen LogP contribution in [0.25, 0.3) is 0 Å². The van der Waals surface area contributed by atoms with Crippen molar-refractivity contribution >= 4 is 17.6 Å². The Balaban J connectivity index is 1.65. The molecule has 3 aliphatic rings. The zero-order valence-electron chi connectivity index (χ0n) is 16.5. The SMILES string of the molecule is CC(C)CCN1CCC2(C1)C(=NC1CCCC1)NC(=O)N2c1cccnc1. The summed E-state index contributed by atoms with van der Waals surface area (Å²) in [5.74, 6) is 1.57. The van der Waals surface area contributed by atoms with E-state index in [1.165, 1.54) is 19.3 Å². The average Bonchev–Trinajstić information content (AvgIpc) is 3.36. The number of amidine groups is 1. The topological polar surface area (TPSA) is 60.8 Å². The number of aliphatic imine (C=N–C) groups is 1. The first-order chi connectivity index (χ1) is 13.1. The van der Waals surface area contributed by atoms with Gasteiger partial charge in [0.05, 0.1) is 17.9 Å². The molecule has 3 heterocycles. The third-order valence-electron chi connectivity index (χ3n) is 6.19. The number of carbonyl (C=O) groups is 1. The van der Waals surface area contributed by atoms with Crippen molar-refractivity contribution in [2.45, 2.75) is 64.0 Å². The van der Waals surface area contributed by atoms with Gasteiger partial charge in [-0.2, -0.15) is 0 Å². The molecule has 1 N–H and O–H groups in total. The summed E-state index contributed by atoms with van der Waals surface area (Å²) in [6, 6.07) is 4.17. The van der Waals surface area contributed by atoms with Crippen molar-refractivity contribution in [2.24, 2.45) is 10.9 Å². The fraction of sp³-hybridized carbons (Fsp3) is 0.667. The number of amides is 2. The van der Waals surface area contributed by atoms with Crippen LogP contribution in [0.2, 0.25) is 0 Å². The van der Waals surface area contributed by atoms with Gasteiger partial charge in [-0.3, -0.25) is 20.2 Å². The van der Waals surface area contributed by atoms with Crippen LogP contribution in [-0.4, -0.2) is 53.0 Å². The normalized spacial score (nSPS) is 28.2. The molecule has 1 aromatic rings. The van der Waals surface area contributed by atoms with Crippen LogP contribution in [0.1, 0.15) is 52.4 Å². The maximum absolute atomic E-state index is 13.0. The van der Waals surface area contributed by atoms with Crippen molar-refractivity contribution in [3.8, 4) is 0 Å². The summed E-state index contributed by atoms with van der Waals surface area (Å²) < 4.78 is 0. The Bertz CT molecular complexity index is 698. The van der Waals surface area contributed by atoms with Crippen LogP contribution in [0, 0.1) is 5.92 Å². The predicted molar refractivity (Wildman–Crippen MR) is 108 cm³/mol. The van der Waals surface area contributed by atoms with Gasteiger partial charge in [-0.25, -0.2) is 4.79 Å². The van der Waals surface area contributed by atoms with Gasteiger partial charge in [-0.1, -0.05) is 26.7 Å². The van der Waals surface area contributed by atoms with Gasteiger partial charge in [-0.05, 0) is 50.3 Å². The highest BCUT2D eigenvalue weighted by molar-refractivity contribution is 6.19. The van der Waals surface area contributed by atoms with Crippen LogP contribution in [-0.2, 0) is 0 Å². The first kappa shape index (κ1) is 18.4. The number of hydrogen-bond acceptors (Lipinski definition) is 4. The monoisotopic (exact) mass is 369 g/mol. The molecule has 0 aromatic carbocycles. The predicted octanol–water partition coefficient (Wildman–Crippen LogP) is 3.44. The van der Waals surface area contributed by atoms with E-state index in [0.29, 0.717) is 12.0 Å². The second-order valence-electron chi connectivity index (χ2n) is 8.63. The maximum Gasteiger partial charge on any atom is 0.328 e. The van der Waals surface area contributed by atoms with E-state index in [1.54, 1.807) is 12.4 Å². The highest BCUT2D eigenvalue weighted by Gasteiger charge is 2.55. The van der Waals surface area contributed by atoms with Crippen LogP contribution in [0.4, 0.5) is 10.5 Å². The molecule has 146 valence electrons. The number of hydrogen-bond donors (Lipinski definition) is 1. The summed E-state index contributed by atoms with van der Waals surface area (Å²) in [4.78, 5) is 26.7. The lowest BCUT2D eigenvalue weighted by Gasteiger charge is -2.33. The third-order valence-corrected chi connectivity index (χ3v) is 6.19. The molecule has 3 fully saturated rings. The Morgan fingerprint density at radius 1 is 1.37 bits per heavy atom. The Morgan fingerprint density at radius 2 is 2.19 bits per heavy atom. The van der Waals surface area contributed by atoms with Crippen molar-refractivity contribution in [3.63, 3.8) is 0 Å². The molecule has 1 atom stereocenters. The van der Waals surface area contributed by atoms with Gasteiger partial charge in [0.15, 0.2) is 0 Å². The lowest BCUT2D eigenvalue weighted by molar-refractivity contribution is 0.250. The van der Waals surface area contributed by atoms with Gasteiger partial charge in [0.1, 0.15) is 11.4 Å². The van der Waals surface area contributed by atoms with Crippen molar-refractivity contribution in [1.82, 2.24) is 15.2 Å². The fourth-order valence-corrected chi connectivity index (χ4v) is 4.67. The average molecular weight is 370 g/mol. The summed E-state index contributed by atoms with van der Waals surface area (Å²) in [5.41, 5.74) is 0.483. The molecule has 27 heavy (non-hydrogen) atoms. The molecular weight excluding hydrogens is 338 g/mol. The number of anilines is 1. The van der Waals surface area contributed by atoms with E-state index >= 15 is 0 Å². The summed E-state index contributed by atoms with van der Waals surface area (Å²) in [6.45, 7) is 7.45. The molecule has 6 nitrogen and oxygen atoms in total. The number of nitrogens with zero attached hydrogens (tertiary/aromatic N) is 4. The zero-order valence-corrected chi connectivity index (χ0v) is 16.5. The van der Waals surface area contributed by atoms with Crippen molar-refractivity contribution in [3.05, 3.63) is 24.5 Å². The van der Waals surface area contributed by atoms with Crippen LogP contribution in [0.3, 0.4) is 0 Å². The molecule has 2 amide bonds. The number of urea groups is 1. The number of likely N-dealkylation sites (tertiary alicyclic amines) is 1. The Labute approximate surface area is 162 Å². The second-order valence-corrected chi connectivity index (χ2v) is 8.63. The highest BCUT2D eigenvalue weighted by atomic mass is 16.2. The van der Waals surface area contributed by atoms with E-state index in [0.717, 1.165) is 50.4 Å². The standard InChI is InChI=1S/C21H31N5O/c1-16(2)9-12-25-13-10-21(15-25)19(23-17-6-3-4-7-17)24-20(27)26(21)18-8-5-11-22-14-18/h5,8,11,14,16-17H,3-4,6-7,9-10,12-13,15H2,1-2H3,(H,23,24,27). The van der Waals surface area contributed by atoms with Gasteiger partial charge in [0.25, 0.3) is 0 Å². The van der Waals surface area contributed by atoms with Gasteiger partial charge in [0.2, 0.25) is 0 Å². The van der Waals surface area contributed by atoms with Gasteiger partial charge in [0, 0.05) is 19.3 Å². The molecule has 0 bridgehead atoms. The summed E-state index contributed by atoms with van der Waals surface area (Å²) >= 11 is 0. The minimum absolute atomic E-state index is 0.0644. The lowest BCUT2D eigenvalue weighted by Crippen LogP contribution is -2.52. The van der Waals surface area contributed by atoms with E-state index in [9.17, 15) is 4.79 Å². The van der Waals surface area contributed by atoms with Gasteiger partial charge >= 0.3 is 6.03 Å². The van der Waals surface area contributed by atoms with Crippen LogP contribution < -0.4 is 10.2 Å². The van der Waals surface area contributed by atoms with E-state index in [-0.39, 0.29) is 11.6 Å². The Kier molecular flexibility index (Phi) is 5.17. The lowest BCUT2D eigenvalue weighted by atomic mass is 9.95. The molecule has 2 aliphatic heterocycles. The second kappa shape index (κ2) is 7.58. The molecule has 6 heteroatoms. The highest BCUT2D eigenvalue weighted by Crippen LogP contribution is 2.38. The number of pyridine rings is 1. The van der Waals surface area contributed by atoms with E-state index in [4.69, 9.17) is 4.99 Å². The van der Waals surface area contributed by atoms with Crippen LogP contribution in [0.15, 0.2) is 29.5 Å². The zero-order chi connectivity index (χ0) is 18.9. The first-order valence-electron chi connectivity index (χ1n) is 10.4. The molecule has 1 aromatic heterocycles. The fourth-order valence-electron chi connectivity index (χ4n) is 4.67. The maximum atomic E-state index is 13.0. The first-order valence-corrected chi connectivity index (χ1v) is 10.4. The molecular formula is C21H31N5O. The van der Waals surface area contributed by atoms with Crippen molar-refractivity contribution in [2.75, 3.05) is 24.5 Å². The number of rotatable bonds is 5. The quantitative estimate of drug-likeness (QED) is 0.865. The number of aromatic nitrogens is 1. The van der Waals surface area contributed by atoms with Crippen LogP contribution >= 0.6 is 0 Å². The molecule has 1 unspecified atom stereocenters. The van der Waals surface area contributed by atoms with Crippen molar-refractivity contribution < 1.29 is 4.79 Å². The van der Waals surface area contributed by atoms with Crippen molar-refractivity contribution in [1.29, 1.82) is 0 Å². The summed E-state index contributed by atoms with van der Waals surface area (Å²) in [5, 5.41) is 3.13. The third kappa shape index (κ3) is 3.59. The smallest absolute Gasteiger partial charge is 0.300 e.